The largest absolute Gasteiger partial charge is 0.377 e. The predicted octanol–water partition coefficient (Wildman–Crippen LogP) is 1.80. The summed E-state index contributed by atoms with van der Waals surface area (Å²) in [6.07, 6.45) is 1.11. The molecule has 0 aliphatic carbocycles. The third kappa shape index (κ3) is 3.21. The molecule has 2 nitrogen and oxygen atoms in total. The van der Waals surface area contributed by atoms with E-state index in [-0.39, 0.29) is 5.60 Å². The molecular formula is C9H21NO. The maximum Gasteiger partial charge on any atom is 0.0774 e. The summed E-state index contributed by atoms with van der Waals surface area (Å²) in [5, 5.41) is 3.40. The lowest BCUT2D eigenvalue weighted by Crippen LogP contribution is -2.47. The minimum absolute atomic E-state index is 0.0508. The van der Waals surface area contributed by atoms with Crippen LogP contribution in [0.4, 0.5) is 0 Å². The van der Waals surface area contributed by atoms with Crippen LogP contribution in [0, 0.1) is 0 Å². The average molecular weight is 159 g/mol. The summed E-state index contributed by atoms with van der Waals surface area (Å²) in [4.78, 5) is 0. The van der Waals surface area contributed by atoms with Gasteiger partial charge in [0.2, 0.25) is 0 Å². The van der Waals surface area contributed by atoms with Crippen molar-refractivity contribution >= 4 is 0 Å². The highest BCUT2D eigenvalue weighted by molar-refractivity contribution is 4.83. The first-order valence-electron chi connectivity index (χ1n) is 4.37. The van der Waals surface area contributed by atoms with Gasteiger partial charge in [-0.05, 0) is 26.8 Å². The fourth-order valence-corrected chi connectivity index (χ4v) is 1.27. The van der Waals surface area contributed by atoms with Crippen molar-refractivity contribution in [3.63, 3.8) is 0 Å². The Morgan fingerprint density at radius 2 is 1.91 bits per heavy atom. The second kappa shape index (κ2) is 4.73. The van der Waals surface area contributed by atoms with Crippen LogP contribution in [0.2, 0.25) is 0 Å². The van der Waals surface area contributed by atoms with E-state index in [1.54, 1.807) is 7.11 Å². The minimum Gasteiger partial charge on any atom is -0.377 e. The molecule has 0 bridgehead atoms. The summed E-state index contributed by atoms with van der Waals surface area (Å²) in [5.74, 6) is 0. The average Bonchev–Trinajstić information content (AvgIpc) is 2.00. The Bertz CT molecular complexity index is 102. The second-order valence-electron chi connectivity index (χ2n) is 3.33. The number of methoxy groups -OCH3 is 1. The van der Waals surface area contributed by atoms with Crippen LogP contribution in [0.1, 0.15) is 34.1 Å². The Labute approximate surface area is 70.3 Å². The summed E-state index contributed by atoms with van der Waals surface area (Å²) < 4.78 is 5.38. The van der Waals surface area contributed by atoms with Crippen molar-refractivity contribution in [2.24, 2.45) is 0 Å². The van der Waals surface area contributed by atoms with E-state index < -0.39 is 0 Å². The Morgan fingerprint density at radius 1 is 1.36 bits per heavy atom. The second-order valence-corrected chi connectivity index (χ2v) is 3.33. The third-order valence-corrected chi connectivity index (χ3v) is 2.22. The molecule has 0 heterocycles. The van der Waals surface area contributed by atoms with Gasteiger partial charge in [0.1, 0.15) is 0 Å². The van der Waals surface area contributed by atoms with Crippen molar-refractivity contribution in [2.45, 2.75) is 45.8 Å². The van der Waals surface area contributed by atoms with E-state index in [0.29, 0.717) is 6.04 Å². The van der Waals surface area contributed by atoms with Crippen LogP contribution in [0.15, 0.2) is 0 Å². The Balaban J connectivity index is 3.99. The number of hydrogen-bond donors (Lipinski definition) is 1. The number of hydrogen-bond acceptors (Lipinski definition) is 2. The molecule has 0 aliphatic rings. The maximum atomic E-state index is 5.38. The van der Waals surface area contributed by atoms with E-state index in [2.05, 4.69) is 33.0 Å². The molecule has 1 atom stereocenters. The molecule has 1 N–H and O–H groups in total. The van der Waals surface area contributed by atoms with Gasteiger partial charge in [0, 0.05) is 13.2 Å². The van der Waals surface area contributed by atoms with Crippen molar-refractivity contribution in [1.82, 2.24) is 5.32 Å². The molecule has 0 saturated heterocycles. The lowest BCUT2D eigenvalue weighted by atomic mass is 9.96. The zero-order valence-corrected chi connectivity index (χ0v) is 8.40. The Morgan fingerprint density at radius 3 is 2.18 bits per heavy atom. The Kier molecular flexibility index (Phi) is 4.69. The van der Waals surface area contributed by atoms with Gasteiger partial charge in [-0.1, -0.05) is 13.8 Å². The highest BCUT2D eigenvalue weighted by atomic mass is 16.5. The number of ether oxygens (including phenoxy) is 1. The monoisotopic (exact) mass is 159 g/mol. The molecule has 0 amide bonds. The standard InChI is InChI=1S/C9H21NO/c1-6-8(10-7-2)9(3,4)11-5/h8,10H,6-7H2,1-5H3. The van der Waals surface area contributed by atoms with E-state index in [0.717, 1.165) is 13.0 Å². The van der Waals surface area contributed by atoms with Crippen LogP contribution in [-0.2, 0) is 4.74 Å². The minimum atomic E-state index is -0.0508. The van der Waals surface area contributed by atoms with Crippen LogP contribution in [-0.4, -0.2) is 25.3 Å². The molecule has 2 heteroatoms. The smallest absolute Gasteiger partial charge is 0.0774 e. The molecule has 0 radical (unpaired) electrons. The molecule has 68 valence electrons. The first kappa shape index (κ1) is 10.9. The van der Waals surface area contributed by atoms with Crippen LogP contribution in [0.25, 0.3) is 0 Å². The van der Waals surface area contributed by atoms with Gasteiger partial charge in [0.05, 0.1) is 5.60 Å². The van der Waals surface area contributed by atoms with E-state index >= 15 is 0 Å². The molecule has 0 fully saturated rings. The van der Waals surface area contributed by atoms with E-state index in [4.69, 9.17) is 4.74 Å². The molecule has 0 spiro atoms. The summed E-state index contributed by atoms with van der Waals surface area (Å²) in [7, 11) is 1.76. The highest BCUT2D eigenvalue weighted by Crippen LogP contribution is 2.15. The van der Waals surface area contributed by atoms with Gasteiger partial charge in [-0.2, -0.15) is 0 Å². The maximum absolute atomic E-state index is 5.38. The zero-order chi connectivity index (χ0) is 8.91. The molecule has 11 heavy (non-hydrogen) atoms. The fourth-order valence-electron chi connectivity index (χ4n) is 1.27. The molecule has 0 aromatic heterocycles. The van der Waals surface area contributed by atoms with Gasteiger partial charge in [-0.3, -0.25) is 0 Å². The van der Waals surface area contributed by atoms with Crippen molar-refractivity contribution in [2.75, 3.05) is 13.7 Å². The molecule has 0 aromatic rings. The van der Waals surface area contributed by atoms with Crippen molar-refractivity contribution in [1.29, 1.82) is 0 Å². The lowest BCUT2D eigenvalue weighted by Gasteiger charge is -2.32. The van der Waals surface area contributed by atoms with Crippen LogP contribution < -0.4 is 5.32 Å². The van der Waals surface area contributed by atoms with Gasteiger partial charge in [-0.15, -0.1) is 0 Å². The highest BCUT2D eigenvalue weighted by Gasteiger charge is 2.26. The summed E-state index contributed by atoms with van der Waals surface area (Å²) in [5.41, 5.74) is -0.0508. The molecule has 0 saturated carbocycles. The van der Waals surface area contributed by atoms with Crippen LogP contribution in [0.5, 0.6) is 0 Å². The topological polar surface area (TPSA) is 21.3 Å². The quantitative estimate of drug-likeness (QED) is 0.660. The van der Waals surface area contributed by atoms with Crippen molar-refractivity contribution < 1.29 is 4.74 Å². The van der Waals surface area contributed by atoms with Gasteiger partial charge in [0.25, 0.3) is 0 Å². The van der Waals surface area contributed by atoms with Crippen LogP contribution >= 0.6 is 0 Å². The third-order valence-electron chi connectivity index (χ3n) is 2.22. The number of likely N-dealkylation sites (N-methyl/N-ethyl adjacent to an activating group) is 1. The first-order valence-corrected chi connectivity index (χ1v) is 4.37. The fraction of sp³-hybridized carbons (Fsp3) is 1.00. The van der Waals surface area contributed by atoms with Gasteiger partial charge in [0.15, 0.2) is 0 Å². The number of rotatable bonds is 5. The SMILES string of the molecule is CCNC(CC)C(C)(C)OC. The molecule has 0 aliphatic heterocycles. The van der Waals surface area contributed by atoms with Crippen molar-refractivity contribution in [3.8, 4) is 0 Å². The van der Waals surface area contributed by atoms with E-state index in [1.807, 2.05) is 0 Å². The van der Waals surface area contributed by atoms with Crippen molar-refractivity contribution in [3.05, 3.63) is 0 Å². The van der Waals surface area contributed by atoms with E-state index in [9.17, 15) is 0 Å². The van der Waals surface area contributed by atoms with Gasteiger partial charge < -0.3 is 10.1 Å². The molecular weight excluding hydrogens is 138 g/mol. The first-order chi connectivity index (χ1) is 5.08. The van der Waals surface area contributed by atoms with Crippen LogP contribution in [0.3, 0.4) is 0 Å². The van der Waals surface area contributed by atoms with Gasteiger partial charge in [-0.25, -0.2) is 0 Å². The summed E-state index contributed by atoms with van der Waals surface area (Å²) in [6.45, 7) is 9.53. The summed E-state index contributed by atoms with van der Waals surface area (Å²) in [6, 6.07) is 0.456. The molecule has 0 rings (SSSR count). The van der Waals surface area contributed by atoms with Gasteiger partial charge >= 0.3 is 0 Å². The van der Waals surface area contributed by atoms with E-state index in [1.165, 1.54) is 0 Å². The predicted molar refractivity (Wildman–Crippen MR) is 48.8 cm³/mol. The zero-order valence-electron chi connectivity index (χ0n) is 8.40. The normalized spacial score (nSPS) is 15.0. The lowest BCUT2D eigenvalue weighted by molar-refractivity contribution is -0.0107. The molecule has 1 unspecified atom stereocenters. The summed E-state index contributed by atoms with van der Waals surface area (Å²) >= 11 is 0. The number of nitrogens with one attached hydrogen (secondary N) is 1. The Hall–Kier alpha value is -0.0800. The molecule has 0 aromatic carbocycles.